The number of benzene rings is 1. The van der Waals surface area contributed by atoms with Gasteiger partial charge in [-0.1, -0.05) is 32.9 Å². The van der Waals surface area contributed by atoms with Crippen LogP contribution in [0.15, 0.2) is 24.3 Å². The first kappa shape index (κ1) is 20.7. The van der Waals surface area contributed by atoms with Crippen LogP contribution in [0.4, 0.5) is 5.69 Å². The van der Waals surface area contributed by atoms with Crippen LogP contribution in [0, 0.1) is 0 Å². The molecule has 146 valence electrons. The molecule has 1 saturated heterocycles. The Morgan fingerprint density at radius 2 is 1.92 bits per heavy atom. The number of nitrogens with zero attached hydrogens (tertiary/aromatic N) is 1. The van der Waals surface area contributed by atoms with E-state index in [1.54, 1.807) is 12.1 Å². The van der Waals surface area contributed by atoms with Crippen molar-refractivity contribution in [2.45, 2.75) is 51.6 Å². The summed E-state index contributed by atoms with van der Waals surface area (Å²) in [6, 6.07) is 7.47. The van der Waals surface area contributed by atoms with Gasteiger partial charge in [-0.15, -0.1) is 0 Å². The van der Waals surface area contributed by atoms with Crippen LogP contribution in [-0.4, -0.2) is 46.4 Å². The molecule has 1 heterocycles. The molecule has 7 heteroatoms. The van der Waals surface area contributed by atoms with Gasteiger partial charge in [-0.3, -0.25) is 9.10 Å². The van der Waals surface area contributed by atoms with E-state index >= 15 is 0 Å². The summed E-state index contributed by atoms with van der Waals surface area (Å²) in [7, 11) is -3.46. The van der Waals surface area contributed by atoms with Gasteiger partial charge in [-0.25, -0.2) is 8.42 Å². The number of anilines is 1. The molecule has 1 aromatic rings. The molecule has 2 rings (SSSR count). The van der Waals surface area contributed by atoms with Gasteiger partial charge in [0.05, 0.1) is 18.0 Å². The van der Waals surface area contributed by atoms with E-state index in [4.69, 9.17) is 4.74 Å². The van der Waals surface area contributed by atoms with Gasteiger partial charge in [0.2, 0.25) is 15.9 Å². The fourth-order valence-corrected chi connectivity index (χ4v) is 3.87. The lowest BCUT2D eigenvalue weighted by Crippen LogP contribution is -2.36. The second-order valence-electron chi connectivity index (χ2n) is 7.82. The molecular formula is C19H30N2O4S. The molecule has 1 aromatic carbocycles. The zero-order chi connectivity index (χ0) is 19.4. The topological polar surface area (TPSA) is 75.7 Å². The maximum absolute atomic E-state index is 12.2. The Morgan fingerprint density at radius 1 is 1.27 bits per heavy atom. The third kappa shape index (κ3) is 5.99. The van der Waals surface area contributed by atoms with Gasteiger partial charge in [-0.2, -0.15) is 0 Å². The highest BCUT2D eigenvalue weighted by Gasteiger charge is 2.21. The number of hydrogen-bond donors (Lipinski definition) is 1. The molecule has 0 radical (unpaired) electrons. The molecule has 1 aliphatic heterocycles. The van der Waals surface area contributed by atoms with Crippen molar-refractivity contribution >= 4 is 21.6 Å². The Balaban J connectivity index is 1.98. The predicted molar refractivity (Wildman–Crippen MR) is 104 cm³/mol. The molecule has 1 N–H and O–H groups in total. The number of nitrogens with one attached hydrogen (secondary N) is 1. The highest BCUT2D eigenvalue weighted by atomic mass is 32.2. The standard InChI is InChI=1S/C19H30N2O4S/c1-19(2,3)15-7-9-16(10-8-15)21(26(4,23)24)12-11-18(22)20-14-17-6-5-13-25-17/h7-10,17H,5-6,11-14H2,1-4H3,(H,20,22). The summed E-state index contributed by atoms with van der Waals surface area (Å²) in [6.07, 6.45) is 3.33. The molecule has 26 heavy (non-hydrogen) atoms. The summed E-state index contributed by atoms with van der Waals surface area (Å²) in [5.74, 6) is -0.166. The Bertz CT molecular complexity index is 702. The average molecular weight is 383 g/mol. The van der Waals surface area contributed by atoms with Crippen LogP contribution in [0.1, 0.15) is 45.6 Å². The maximum Gasteiger partial charge on any atom is 0.232 e. The number of hydrogen-bond acceptors (Lipinski definition) is 4. The van der Waals surface area contributed by atoms with Gasteiger partial charge in [0.15, 0.2) is 0 Å². The van der Waals surface area contributed by atoms with E-state index in [1.165, 1.54) is 4.31 Å². The first-order valence-electron chi connectivity index (χ1n) is 9.04. The number of rotatable bonds is 7. The van der Waals surface area contributed by atoms with Gasteiger partial charge in [0, 0.05) is 26.1 Å². The fourth-order valence-electron chi connectivity index (χ4n) is 2.94. The number of sulfonamides is 1. The summed E-state index contributed by atoms with van der Waals surface area (Å²) in [5, 5.41) is 2.83. The molecule has 1 amide bonds. The monoisotopic (exact) mass is 382 g/mol. The Hall–Kier alpha value is -1.60. The largest absolute Gasteiger partial charge is 0.376 e. The molecular weight excluding hydrogens is 352 g/mol. The van der Waals surface area contributed by atoms with Crippen LogP contribution in [-0.2, 0) is 25.0 Å². The zero-order valence-corrected chi connectivity index (χ0v) is 16.9. The summed E-state index contributed by atoms with van der Waals surface area (Å²) in [4.78, 5) is 12.1. The van der Waals surface area contributed by atoms with Crippen LogP contribution in [0.5, 0.6) is 0 Å². The first-order valence-corrected chi connectivity index (χ1v) is 10.9. The van der Waals surface area contributed by atoms with Crippen LogP contribution < -0.4 is 9.62 Å². The highest BCUT2D eigenvalue weighted by molar-refractivity contribution is 7.92. The van der Waals surface area contributed by atoms with E-state index in [2.05, 4.69) is 26.1 Å². The van der Waals surface area contributed by atoms with Crippen molar-refractivity contribution in [1.29, 1.82) is 0 Å². The Kier molecular flexibility index (Phi) is 6.69. The molecule has 1 atom stereocenters. The fraction of sp³-hybridized carbons (Fsp3) is 0.632. The van der Waals surface area contributed by atoms with E-state index in [1.807, 2.05) is 12.1 Å². The molecule has 0 aliphatic carbocycles. The minimum atomic E-state index is -3.46. The number of ether oxygens (including phenoxy) is 1. The highest BCUT2D eigenvalue weighted by Crippen LogP contribution is 2.26. The summed E-state index contributed by atoms with van der Waals surface area (Å²) in [5.41, 5.74) is 1.70. The second-order valence-corrected chi connectivity index (χ2v) is 9.73. The zero-order valence-electron chi connectivity index (χ0n) is 16.1. The Morgan fingerprint density at radius 3 is 2.42 bits per heavy atom. The van der Waals surface area contributed by atoms with Crippen molar-refractivity contribution < 1.29 is 17.9 Å². The van der Waals surface area contributed by atoms with E-state index in [0.717, 1.165) is 31.3 Å². The lowest BCUT2D eigenvalue weighted by molar-refractivity contribution is -0.121. The molecule has 1 fully saturated rings. The smallest absolute Gasteiger partial charge is 0.232 e. The molecule has 1 unspecified atom stereocenters. The SMILES string of the molecule is CC(C)(C)c1ccc(N(CCC(=O)NCC2CCCO2)S(C)(=O)=O)cc1. The minimum absolute atomic E-state index is 0.00333. The van der Waals surface area contributed by atoms with Crippen LogP contribution >= 0.6 is 0 Å². The van der Waals surface area contributed by atoms with Crippen molar-refractivity contribution in [3.05, 3.63) is 29.8 Å². The summed E-state index contributed by atoms with van der Waals surface area (Å²) >= 11 is 0. The molecule has 0 spiro atoms. The lowest BCUT2D eigenvalue weighted by Gasteiger charge is -2.24. The Labute approximate surface area is 157 Å². The van der Waals surface area contributed by atoms with Crippen molar-refractivity contribution in [3.63, 3.8) is 0 Å². The summed E-state index contributed by atoms with van der Waals surface area (Å²) in [6.45, 7) is 7.66. The molecule has 1 aliphatic rings. The van der Waals surface area contributed by atoms with Crippen molar-refractivity contribution in [2.24, 2.45) is 0 Å². The third-order valence-corrected chi connectivity index (χ3v) is 5.71. The van der Waals surface area contributed by atoms with Crippen molar-refractivity contribution in [2.75, 3.05) is 30.3 Å². The molecule has 0 saturated carbocycles. The lowest BCUT2D eigenvalue weighted by atomic mass is 9.87. The van der Waals surface area contributed by atoms with Gasteiger partial charge in [0.1, 0.15) is 0 Å². The quantitative estimate of drug-likeness (QED) is 0.786. The number of amides is 1. The number of carbonyl (C=O) groups is 1. The van der Waals surface area contributed by atoms with E-state index in [0.29, 0.717) is 12.2 Å². The van der Waals surface area contributed by atoms with Gasteiger partial charge in [0.25, 0.3) is 0 Å². The average Bonchev–Trinajstić information content (AvgIpc) is 3.05. The van der Waals surface area contributed by atoms with Gasteiger partial charge < -0.3 is 10.1 Å². The second kappa shape index (κ2) is 8.39. The van der Waals surface area contributed by atoms with E-state index in [9.17, 15) is 13.2 Å². The van der Waals surface area contributed by atoms with Crippen molar-refractivity contribution in [1.82, 2.24) is 5.32 Å². The van der Waals surface area contributed by atoms with Crippen LogP contribution in [0.3, 0.4) is 0 Å². The van der Waals surface area contributed by atoms with Crippen LogP contribution in [0.2, 0.25) is 0 Å². The van der Waals surface area contributed by atoms with Gasteiger partial charge in [-0.05, 0) is 36.0 Å². The number of carbonyl (C=O) groups excluding carboxylic acids is 1. The van der Waals surface area contributed by atoms with Crippen molar-refractivity contribution in [3.8, 4) is 0 Å². The molecule has 0 aromatic heterocycles. The molecule has 0 bridgehead atoms. The van der Waals surface area contributed by atoms with E-state index in [-0.39, 0.29) is 30.4 Å². The van der Waals surface area contributed by atoms with Gasteiger partial charge >= 0.3 is 0 Å². The predicted octanol–water partition coefficient (Wildman–Crippen LogP) is 2.44. The minimum Gasteiger partial charge on any atom is -0.376 e. The first-order chi connectivity index (χ1) is 12.1. The normalized spacial score (nSPS) is 17.9. The maximum atomic E-state index is 12.2. The summed E-state index contributed by atoms with van der Waals surface area (Å²) < 4.78 is 31.1. The molecule has 6 nitrogen and oxygen atoms in total. The van der Waals surface area contributed by atoms with E-state index < -0.39 is 10.0 Å². The van der Waals surface area contributed by atoms with Crippen LogP contribution in [0.25, 0.3) is 0 Å². The third-order valence-electron chi connectivity index (χ3n) is 4.51.